The summed E-state index contributed by atoms with van der Waals surface area (Å²) in [6, 6.07) is 7.13. The number of hydrogen-bond donors (Lipinski definition) is 1. The van der Waals surface area contributed by atoms with E-state index >= 15 is 0 Å². The number of nitrogens with one attached hydrogen (secondary N) is 1. The first-order valence-corrected chi connectivity index (χ1v) is 10.7. The molecule has 1 aliphatic rings. The third kappa shape index (κ3) is 4.41. The largest absolute Gasteiger partial charge is 0.342 e. The van der Waals surface area contributed by atoms with Crippen LogP contribution in [-0.4, -0.2) is 53.0 Å². The number of piperidine rings is 1. The Labute approximate surface area is 164 Å². The molecule has 1 aromatic heterocycles. The Bertz CT molecular complexity index is 958. The van der Waals surface area contributed by atoms with Crippen LogP contribution in [-0.2, 0) is 32.9 Å². The van der Waals surface area contributed by atoms with Crippen molar-refractivity contribution in [3.63, 3.8) is 0 Å². The number of hydrogen-bond acceptors (Lipinski definition) is 5. The van der Waals surface area contributed by atoms with Gasteiger partial charge < -0.3 is 14.8 Å². The Hall–Kier alpha value is -2.68. The molecule has 0 aliphatic carbocycles. The summed E-state index contributed by atoms with van der Waals surface area (Å²) in [5.74, 6) is -0.174. The van der Waals surface area contributed by atoms with Crippen LogP contribution in [0.5, 0.6) is 0 Å². The predicted octanol–water partition coefficient (Wildman–Crippen LogP) is 1.39. The fourth-order valence-corrected chi connectivity index (χ4v) is 5.19. The maximum absolute atomic E-state index is 12.7. The van der Waals surface area contributed by atoms with E-state index < -0.39 is 15.1 Å². The number of amides is 2. The van der Waals surface area contributed by atoms with Crippen molar-refractivity contribution in [1.82, 2.24) is 14.5 Å². The zero-order valence-corrected chi connectivity index (χ0v) is 16.8. The van der Waals surface area contributed by atoms with E-state index in [1.165, 1.54) is 17.7 Å². The minimum Gasteiger partial charge on any atom is -0.342 e. The molecule has 2 aromatic rings. The molecule has 3 rings (SSSR count). The lowest BCUT2D eigenvalue weighted by Gasteiger charge is -2.31. The Kier molecular flexibility index (Phi) is 5.83. The van der Waals surface area contributed by atoms with Crippen molar-refractivity contribution in [3.05, 3.63) is 42.2 Å². The molecule has 1 N–H and O–H groups in total. The highest BCUT2D eigenvalue weighted by Crippen LogP contribution is 2.24. The summed E-state index contributed by atoms with van der Waals surface area (Å²) in [6.07, 6.45) is 4.15. The van der Waals surface area contributed by atoms with E-state index in [1.54, 1.807) is 42.4 Å². The summed E-state index contributed by atoms with van der Waals surface area (Å²) in [6.45, 7) is 2.27. The van der Waals surface area contributed by atoms with E-state index in [-0.39, 0.29) is 23.4 Å². The van der Waals surface area contributed by atoms with Gasteiger partial charge in [-0.15, -0.1) is 0 Å². The molecule has 0 saturated carbocycles. The van der Waals surface area contributed by atoms with Crippen LogP contribution in [0.1, 0.15) is 25.3 Å². The van der Waals surface area contributed by atoms with Gasteiger partial charge in [0.05, 0.1) is 11.7 Å². The summed E-state index contributed by atoms with van der Waals surface area (Å²) >= 11 is 0. The molecule has 0 atom stereocenters. The molecule has 0 radical (unpaired) electrons. The number of imidazole rings is 1. The van der Waals surface area contributed by atoms with Crippen molar-refractivity contribution in [2.75, 3.05) is 18.4 Å². The van der Waals surface area contributed by atoms with Crippen molar-refractivity contribution < 1.29 is 18.0 Å². The first-order valence-electron chi connectivity index (χ1n) is 9.13. The van der Waals surface area contributed by atoms with Crippen LogP contribution < -0.4 is 5.32 Å². The lowest BCUT2D eigenvalue weighted by atomic mass is 10.1. The van der Waals surface area contributed by atoms with E-state index in [0.717, 1.165) is 5.56 Å². The van der Waals surface area contributed by atoms with Crippen molar-refractivity contribution in [3.8, 4) is 0 Å². The molecule has 150 valence electrons. The molecule has 9 heteroatoms. The van der Waals surface area contributed by atoms with E-state index in [2.05, 4.69) is 10.3 Å². The molecule has 1 fully saturated rings. The highest BCUT2D eigenvalue weighted by molar-refractivity contribution is 7.91. The van der Waals surface area contributed by atoms with Gasteiger partial charge in [0, 0.05) is 45.1 Å². The van der Waals surface area contributed by atoms with Crippen LogP contribution in [0, 0.1) is 0 Å². The van der Waals surface area contributed by atoms with Crippen LogP contribution in [0.15, 0.2) is 41.8 Å². The third-order valence-electron chi connectivity index (χ3n) is 4.89. The number of carbonyl (C=O) groups is 2. The van der Waals surface area contributed by atoms with Gasteiger partial charge in [0.15, 0.2) is 0 Å². The lowest BCUT2D eigenvalue weighted by molar-refractivity contribution is -0.131. The molecule has 28 heavy (non-hydrogen) atoms. The quantitative estimate of drug-likeness (QED) is 0.811. The number of rotatable bonds is 5. The molecule has 0 bridgehead atoms. The Morgan fingerprint density at radius 2 is 1.82 bits per heavy atom. The predicted molar refractivity (Wildman–Crippen MR) is 104 cm³/mol. The monoisotopic (exact) mass is 404 g/mol. The minimum atomic E-state index is -3.49. The second kappa shape index (κ2) is 8.14. The summed E-state index contributed by atoms with van der Waals surface area (Å²) < 4.78 is 27.0. The molecule has 1 aliphatic heterocycles. The van der Waals surface area contributed by atoms with Gasteiger partial charge in [-0.2, -0.15) is 0 Å². The molecule has 1 aromatic carbocycles. The van der Waals surface area contributed by atoms with Crippen molar-refractivity contribution >= 4 is 27.3 Å². The molecular weight excluding hydrogens is 380 g/mol. The fourth-order valence-electron chi connectivity index (χ4n) is 3.39. The van der Waals surface area contributed by atoms with Gasteiger partial charge >= 0.3 is 0 Å². The zero-order valence-electron chi connectivity index (χ0n) is 16.0. The van der Waals surface area contributed by atoms with Gasteiger partial charge in [0.2, 0.25) is 26.8 Å². The zero-order chi connectivity index (χ0) is 20.3. The summed E-state index contributed by atoms with van der Waals surface area (Å²) in [5, 5.41) is 2.25. The van der Waals surface area contributed by atoms with E-state index in [4.69, 9.17) is 0 Å². The normalized spacial score (nSPS) is 15.4. The summed E-state index contributed by atoms with van der Waals surface area (Å²) in [4.78, 5) is 29.3. The SMILES string of the molecule is CC(=O)Nc1ccc(CC(=O)N2CCC(S(=O)(=O)c3nccn3C)CC2)cc1. The van der Waals surface area contributed by atoms with Crippen LogP contribution in [0.25, 0.3) is 0 Å². The number of anilines is 1. The van der Waals surface area contributed by atoms with Gasteiger partial charge in [0.25, 0.3) is 0 Å². The van der Waals surface area contributed by atoms with Crippen molar-refractivity contribution in [2.24, 2.45) is 7.05 Å². The molecular formula is C19H24N4O4S. The smallest absolute Gasteiger partial charge is 0.227 e. The summed E-state index contributed by atoms with van der Waals surface area (Å²) in [5.41, 5.74) is 1.53. The van der Waals surface area contributed by atoms with E-state index in [0.29, 0.717) is 31.6 Å². The number of aryl methyl sites for hydroxylation is 1. The standard InChI is InChI=1S/C19H24N4O4S/c1-14(24)21-16-5-3-15(4-6-16)13-18(25)23-10-7-17(8-11-23)28(26,27)19-20-9-12-22(19)2/h3-6,9,12,17H,7-8,10-11,13H2,1-2H3,(H,21,24). The van der Waals surface area contributed by atoms with Crippen LogP contribution >= 0.6 is 0 Å². The highest BCUT2D eigenvalue weighted by atomic mass is 32.2. The molecule has 0 spiro atoms. The maximum Gasteiger partial charge on any atom is 0.227 e. The average Bonchev–Trinajstić information content (AvgIpc) is 3.10. The number of sulfone groups is 1. The number of aromatic nitrogens is 2. The van der Waals surface area contributed by atoms with Crippen LogP contribution in [0.3, 0.4) is 0 Å². The highest BCUT2D eigenvalue weighted by Gasteiger charge is 2.34. The topological polar surface area (TPSA) is 101 Å². The number of likely N-dealkylation sites (tertiary alicyclic amines) is 1. The Balaban J connectivity index is 1.57. The second-order valence-electron chi connectivity index (χ2n) is 7.00. The number of benzene rings is 1. The fraction of sp³-hybridized carbons (Fsp3) is 0.421. The lowest BCUT2D eigenvalue weighted by Crippen LogP contribution is -2.43. The molecule has 2 amide bonds. The van der Waals surface area contributed by atoms with Gasteiger partial charge in [-0.25, -0.2) is 13.4 Å². The minimum absolute atomic E-state index is 0.0277. The van der Waals surface area contributed by atoms with Crippen molar-refractivity contribution in [2.45, 2.75) is 36.6 Å². The molecule has 1 saturated heterocycles. The van der Waals surface area contributed by atoms with Crippen molar-refractivity contribution in [1.29, 1.82) is 0 Å². The second-order valence-corrected chi connectivity index (χ2v) is 9.12. The Morgan fingerprint density at radius 3 is 2.36 bits per heavy atom. The first-order chi connectivity index (χ1) is 13.3. The number of carbonyl (C=O) groups excluding carboxylic acids is 2. The van der Waals surface area contributed by atoms with Crippen LogP contribution in [0.4, 0.5) is 5.69 Å². The van der Waals surface area contributed by atoms with E-state index in [1.807, 2.05) is 0 Å². The van der Waals surface area contributed by atoms with Gasteiger partial charge in [-0.05, 0) is 30.5 Å². The molecule has 2 heterocycles. The van der Waals surface area contributed by atoms with Gasteiger partial charge in [0.1, 0.15) is 0 Å². The molecule has 8 nitrogen and oxygen atoms in total. The third-order valence-corrected chi connectivity index (χ3v) is 7.15. The van der Waals surface area contributed by atoms with E-state index in [9.17, 15) is 18.0 Å². The van der Waals surface area contributed by atoms with Crippen LogP contribution in [0.2, 0.25) is 0 Å². The first kappa shape index (κ1) is 20.1. The maximum atomic E-state index is 12.7. The Morgan fingerprint density at radius 1 is 1.18 bits per heavy atom. The average molecular weight is 404 g/mol. The van der Waals surface area contributed by atoms with Gasteiger partial charge in [-0.1, -0.05) is 12.1 Å². The van der Waals surface area contributed by atoms with Gasteiger partial charge in [-0.3, -0.25) is 9.59 Å². The molecule has 0 unspecified atom stereocenters. The number of nitrogens with zero attached hydrogens (tertiary/aromatic N) is 3. The summed E-state index contributed by atoms with van der Waals surface area (Å²) in [7, 11) is -1.83.